The summed E-state index contributed by atoms with van der Waals surface area (Å²) >= 11 is 0. The standard InChI is InChI=1S/C15H21F3N4O/c16-15(17,18)10-21-6-4-11(9-21)7-19-14(23)12-8-20-22-5-2-1-3-13(12)22/h8,11H,1-7,9-10H2,(H,19,23). The van der Waals surface area contributed by atoms with Gasteiger partial charge in [-0.3, -0.25) is 14.4 Å². The van der Waals surface area contributed by atoms with Crippen molar-refractivity contribution in [2.75, 3.05) is 26.2 Å². The number of hydrogen-bond acceptors (Lipinski definition) is 3. The van der Waals surface area contributed by atoms with Crippen LogP contribution in [-0.4, -0.2) is 52.9 Å². The molecule has 1 saturated heterocycles. The Hall–Kier alpha value is -1.57. The lowest BCUT2D eigenvalue weighted by Gasteiger charge is -2.18. The Labute approximate surface area is 132 Å². The van der Waals surface area contributed by atoms with Crippen molar-refractivity contribution in [2.45, 2.75) is 38.4 Å². The number of nitrogens with one attached hydrogen (secondary N) is 1. The van der Waals surface area contributed by atoms with Crippen LogP contribution < -0.4 is 5.32 Å². The number of aromatic nitrogens is 2. The number of hydrogen-bond donors (Lipinski definition) is 1. The van der Waals surface area contributed by atoms with E-state index in [1.165, 1.54) is 4.90 Å². The Morgan fingerprint density at radius 3 is 2.96 bits per heavy atom. The number of carbonyl (C=O) groups excluding carboxylic acids is 1. The molecule has 0 spiro atoms. The first-order valence-corrected chi connectivity index (χ1v) is 8.04. The number of carbonyl (C=O) groups is 1. The summed E-state index contributed by atoms with van der Waals surface area (Å²) in [4.78, 5) is 13.7. The fraction of sp³-hybridized carbons (Fsp3) is 0.733. The summed E-state index contributed by atoms with van der Waals surface area (Å²) in [5.41, 5.74) is 1.58. The van der Waals surface area contributed by atoms with Crippen molar-refractivity contribution >= 4 is 5.91 Å². The van der Waals surface area contributed by atoms with Crippen molar-refractivity contribution < 1.29 is 18.0 Å². The molecule has 0 saturated carbocycles. The number of amides is 1. The van der Waals surface area contributed by atoms with E-state index in [0.717, 1.165) is 31.5 Å². The van der Waals surface area contributed by atoms with Gasteiger partial charge in [0.2, 0.25) is 0 Å². The lowest BCUT2D eigenvalue weighted by Crippen LogP contribution is -2.35. The molecule has 1 fully saturated rings. The number of fused-ring (bicyclic) bond motifs is 1. The Bertz CT molecular complexity index is 570. The molecule has 0 radical (unpaired) electrons. The molecule has 0 bridgehead atoms. The quantitative estimate of drug-likeness (QED) is 0.916. The molecule has 8 heteroatoms. The molecule has 0 aromatic carbocycles. The fourth-order valence-corrected chi connectivity index (χ4v) is 3.42. The highest BCUT2D eigenvalue weighted by Gasteiger charge is 2.34. The number of likely N-dealkylation sites (tertiary alicyclic amines) is 1. The molecule has 1 amide bonds. The molecule has 2 aliphatic rings. The van der Waals surface area contributed by atoms with Crippen LogP contribution in [0.15, 0.2) is 6.20 Å². The van der Waals surface area contributed by atoms with Crippen LogP contribution in [0.25, 0.3) is 0 Å². The second-order valence-electron chi connectivity index (χ2n) is 6.40. The third kappa shape index (κ3) is 4.04. The lowest BCUT2D eigenvalue weighted by atomic mass is 10.1. The predicted molar refractivity (Wildman–Crippen MR) is 78.1 cm³/mol. The van der Waals surface area contributed by atoms with Gasteiger partial charge in [-0.15, -0.1) is 0 Å². The molecule has 3 heterocycles. The van der Waals surface area contributed by atoms with Crippen LogP contribution in [0.4, 0.5) is 13.2 Å². The van der Waals surface area contributed by atoms with Crippen LogP contribution >= 0.6 is 0 Å². The Morgan fingerprint density at radius 2 is 2.17 bits per heavy atom. The van der Waals surface area contributed by atoms with E-state index in [9.17, 15) is 18.0 Å². The smallest absolute Gasteiger partial charge is 0.352 e. The normalized spacial score (nSPS) is 22.1. The number of alkyl halides is 3. The summed E-state index contributed by atoms with van der Waals surface area (Å²) in [5.74, 6) is -0.0878. The number of halogens is 3. The summed E-state index contributed by atoms with van der Waals surface area (Å²) in [5, 5.41) is 7.09. The van der Waals surface area contributed by atoms with Gasteiger partial charge in [0, 0.05) is 19.6 Å². The zero-order valence-electron chi connectivity index (χ0n) is 12.9. The molecule has 23 heavy (non-hydrogen) atoms. The summed E-state index contributed by atoms with van der Waals surface area (Å²) in [7, 11) is 0. The summed E-state index contributed by atoms with van der Waals surface area (Å²) in [6.07, 6.45) is 1.11. The topological polar surface area (TPSA) is 50.2 Å². The summed E-state index contributed by atoms with van der Waals surface area (Å²) in [6, 6.07) is 0. The van der Waals surface area contributed by atoms with E-state index in [0.29, 0.717) is 31.6 Å². The summed E-state index contributed by atoms with van der Waals surface area (Å²) in [6.45, 7) is 1.21. The van der Waals surface area contributed by atoms with Crippen molar-refractivity contribution in [2.24, 2.45) is 5.92 Å². The van der Waals surface area contributed by atoms with Crippen LogP contribution in [0.3, 0.4) is 0 Å². The van der Waals surface area contributed by atoms with Gasteiger partial charge in [-0.2, -0.15) is 18.3 Å². The fourth-order valence-electron chi connectivity index (χ4n) is 3.42. The molecular weight excluding hydrogens is 309 g/mol. The second-order valence-corrected chi connectivity index (χ2v) is 6.40. The number of rotatable bonds is 4. The van der Waals surface area contributed by atoms with E-state index in [2.05, 4.69) is 10.4 Å². The van der Waals surface area contributed by atoms with Crippen molar-refractivity contribution in [1.82, 2.24) is 20.0 Å². The minimum Gasteiger partial charge on any atom is -0.352 e. The van der Waals surface area contributed by atoms with Crippen molar-refractivity contribution in [3.8, 4) is 0 Å². The second kappa shape index (κ2) is 6.51. The highest BCUT2D eigenvalue weighted by molar-refractivity contribution is 5.95. The van der Waals surface area contributed by atoms with Gasteiger partial charge in [0.15, 0.2) is 0 Å². The minimum absolute atomic E-state index is 0.0766. The molecule has 3 rings (SSSR count). The maximum atomic E-state index is 12.4. The molecule has 1 atom stereocenters. The van der Waals surface area contributed by atoms with Crippen molar-refractivity contribution in [3.63, 3.8) is 0 Å². The van der Waals surface area contributed by atoms with E-state index < -0.39 is 12.7 Å². The van der Waals surface area contributed by atoms with Gasteiger partial charge in [0.25, 0.3) is 5.91 Å². The minimum atomic E-state index is -4.16. The van der Waals surface area contributed by atoms with Crippen LogP contribution in [0.5, 0.6) is 0 Å². The van der Waals surface area contributed by atoms with Crippen molar-refractivity contribution in [1.29, 1.82) is 0 Å². The van der Waals surface area contributed by atoms with E-state index in [1.807, 2.05) is 4.68 Å². The SMILES string of the molecule is O=C(NCC1CCN(CC(F)(F)F)C1)c1cnn2c1CCCC2. The highest BCUT2D eigenvalue weighted by atomic mass is 19.4. The molecule has 1 aromatic heterocycles. The third-order valence-electron chi connectivity index (χ3n) is 4.55. The zero-order valence-corrected chi connectivity index (χ0v) is 12.9. The Morgan fingerprint density at radius 1 is 1.35 bits per heavy atom. The first-order chi connectivity index (χ1) is 10.9. The average Bonchev–Trinajstić information content (AvgIpc) is 3.09. The van der Waals surface area contributed by atoms with Crippen molar-refractivity contribution in [3.05, 3.63) is 17.5 Å². The van der Waals surface area contributed by atoms with Crippen LogP contribution in [0.1, 0.15) is 35.3 Å². The average molecular weight is 330 g/mol. The van der Waals surface area contributed by atoms with E-state index in [4.69, 9.17) is 0 Å². The predicted octanol–water partition coefficient (Wildman–Crippen LogP) is 1.83. The van der Waals surface area contributed by atoms with Gasteiger partial charge in [-0.25, -0.2) is 0 Å². The molecular formula is C15H21F3N4O. The molecule has 1 aromatic rings. The summed E-state index contributed by atoms with van der Waals surface area (Å²) < 4.78 is 39.0. The maximum Gasteiger partial charge on any atom is 0.401 e. The largest absolute Gasteiger partial charge is 0.401 e. The molecule has 1 unspecified atom stereocenters. The van der Waals surface area contributed by atoms with E-state index >= 15 is 0 Å². The van der Waals surface area contributed by atoms with Crippen LogP contribution in [0, 0.1) is 5.92 Å². The Kier molecular flexibility index (Phi) is 4.61. The highest BCUT2D eigenvalue weighted by Crippen LogP contribution is 2.23. The molecule has 2 aliphatic heterocycles. The first kappa shape index (κ1) is 16.3. The molecule has 0 aliphatic carbocycles. The van der Waals surface area contributed by atoms with Crippen LogP contribution in [-0.2, 0) is 13.0 Å². The Balaban J connectivity index is 1.49. The lowest BCUT2D eigenvalue weighted by molar-refractivity contribution is -0.143. The molecule has 128 valence electrons. The third-order valence-corrected chi connectivity index (χ3v) is 4.55. The number of nitrogens with zero attached hydrogens (tertiary/aromatic N) is 3. The first-order valence-electron chi connectivity index (χ1n) is 8.04. The van der Waals surface area contributed by atoms with Gasteiger partial charge in [0.05, 0.1) is 24.0 Å². The van der Waals surface area contributed by atoms with Gasteiger partial charge in [0.1, 0.15) is 0 Å². The van der Waals surface area contributed by atoms with E-state index in [1.54, 1.807) is 6.20 Å². The van der Waals surface area contributed by atoms with Gasteiger partial charge in [-0.1, -0.05) is 0 Å². The number of aryl methyl sites for hydroxylation is 1. The van der Waals surface area contributed by atoms with Gasteiger partial charge >= 0.3 is 6.18 Å². The zero-order chi connectivity index (χ0) is 16.4. The maximum absolute atomic E-state index is 12.4. The monoisotopic (exact) mass is 330 g/mol. The molecule has 1 N–H and O–H groups in total. The van der Waals surface area contributed by atoms with Gasteiger partial charge < -0.3 is 5.32 Å². The van der Waals surface area contributed by atoms with Gasteiger partial charge in [-0.05, 0) is 38.1 Å². The van der Waals surface area contributed by atoms with E-state index in [-0.39, 0.29) is 11.8 Å². The molecule has 5 nitrogen and oxygen atoms in total. The van der Waals surface area contributed by atoms with Crippen LogP contribution in [0.2, 0.25) is 0 Å².